The van der Waals surface area contributed by atoms with E-state index in [1.54, 1.807) is 49.4 Å². The van der Waals surface area contributed by atoms with Crippen LogP contribution in [-0.2, 0) is 25.6 Å². The average molecular weight is 960 g/mol. The molecule has 0 saturated heterocycles. The standard InChI is InChI=1S/C51H65N11O8/c1-30-45(39(56)29-41(58-30)33-11-14-36(15-12-33)70-35-8-6-4-5-7-9-35)49(65)60-40(18-19-52)51(67)62(3)46-34-13-17-44(69-25-22-55)38(28-34)37-26-32(10-16-43(37)68-24-21-54)27-42(48(64)57-23-20-53)61-47(63)31(2)59-50(46)66/h10-17,26,28-29,31,35,40,42,46H,4-9,18-19,21-25,27,52,54-55H2,1-3H3,(H2,56,58)(H,57,64)(H,59,66)(H,60,65)(H,61,63)/t31-,40-,42-,46-/m0/s1. The number of carbonyl (C=O) groups excluding carboxylic acids is 5. The van der Waals surface area contributed by atoms with Gasteiger partial charge in [0.25, 0.3) is 5.91 Å². The van der Waals surface area contributed by atoms with Crippen molar-refractivity contribution < 1.29 is 38.2 Å². The smallest absolute Gasteiger partial charge is 0.255 e. The van der Waals surface area contributed by atoms with Gasteiger partial charge in [0.2, 0.25) is 23.6 Å². The predicted molar refractivity (Wildman–Crippen MR) is 264 cm³/mol. The van der Waals surface area contributed by atoms with E-state index in [0.29, 0.717) is 45.1 Å². The van der Waals surface area contributed by atoms with E-state index in [1.807, 2.05) is 30.3 Å². The fourth-order valence-electron chi connectivity index (χ4n) is 8.76. The van der Waals surface area contributed by atoms with Crippen LogP contribution in [0.1, 0.15) is 85.1 Å². The molecular formula is C51H65N11O8. The third kappa shape index (κ3) is 13.1. The molecule has 1 aromatic heterocycles. The Hall–Kier alpha value is -7.27. The van der Waals surface area contributed by atoms with Crippen LogP contribution in [0, 0.1) is 18.3 Å². The van der Waals surface area contributed by atoms with Gasteiger partial charge in [-0.15, -0.1) is 0 Å². The SMILES string of the molecule is Cc1nc(-c2ccc(OC3CCCCCC3)cc2)cc(N)c1C(=O)N[C@@H](CCN)C(=O)N(C)[C@@H]1C(=O)N[C@@H](C)C(=O)N[C@H](C(=O)NCC#N)Cc2ccc(OCCN)c(c2)-c2cc1ccc2OCCN. The molecule has 372 valence electrons. The van der Waals surface area contributed by atoms with E-state index in [1.165, 1.54) is 31.7 Å². The molecule has 2 heterocycles. The van der Waals surface area contributed by atoms with Gasteiger partial charge in [-0.2, -0.15) is 5.26 Å². The quantitative estimate of drug-likeness (QED) is 0.0558. The molecule has 19 nitrogen and oxygen atoms in total. The number of aromatic nitrogens is 1. The number of rotatable bonds is 17. The Morgan fingerprint density at radius 1 is 0.871 bits per heavy atom. The fraction of sp³-hybridized carbons (Fsp3) is 0.431. The van der Waals surface area contributed by atoms with Crippen LogP contribution < -0.4 is 58.4 Å². The van der Waals surface area contributed by atoms with E-state index in [-0.39, 0.29) is 69.6 Å². The number of hydrogen-bond donors (Lipinski definition) is 8. The molecule has 0 unspecified atom stereocenters. The van der Waals surface area contributed by atoms with Gasteiger partial charge >= 0.3 is 0 Å². The molecule has 6 rings (SSSR count). The number of nitrogens with zero attached hydrogens (tertiary/aromatic N) is 3. The molecule has 4 atom stereocenters. The number of ether oxygens (including phenoxy) is 3. The molecule has 2 aliphatic rings. The molecule has 70 heavy (non-hydrogen) atoms. The zero-order valence-electron chi connectivity index (χ0n) is 40.1. The summed E-state index contributed by atoms with van der Waals surface area (Å²) in [5, 5.41) is 19.9. The van der Waals surface area contributed by atoms with E-state index in [9.17, 15) is 29.2 Å². The molecule has 1 saturated carbocycles. The topological polar surface area (TPSA) is 305 Å². The maximum atomic E-state index is 14.8. The van der Waals surface area contributed by atoms with Gasteiger partial charge in [-0.25, -0.2) is 0 Å². The maximum Gasteiger partial charge on any atom is 0.255 e. The van der Waals surface area contributed by atoms with Crippen LogP contribution in [-0.4, -0.2) is 110 Å². The molecule has 19 heteroatoms. The number of nitrogens with one attached hydrogen (secondary N) is 4. The number of nitrogens with two attached hydrogens (primary N) is 4. The van der Waals surface area contributed by atoms with Crippen molar-refractivity contribution in [3.63, 3.8) is 0 Å². The van der Waals surface area contributed by atoms with Gasteiger partial charge in [-0.05, 0) is 118 Å². The van der Waals surface area contributed by atoms with Crippen LogP contribution in [0.15, 0.2) is 66.7 Å². The van der Waals surface area contributed by atoms with Crippen LogP contribution in [0.3, 0.4) is 0 Å². The summed E-state index contributed by atoms with van der Waals surface area (Å²) in [6, 6.07) is 16.1. The highest BCUT2D eigenvalue weighted by atomic mass is 16.5. The number of likely N-dealkylation sites (N-methyl/N-ethyl adjacent to an activating group) is 1. The maximum absolute atomic E-state index is 14.8. The van der Waals surface area contributed by atoms with Crippen LogP contribution in [0.25, 0.3) is 22.4 Å². The van der Waals surface area contributed by atoms with Crippen molar-refractivity contribution in [2.75, 3.05) is 52.2 Å². The van der Waals surface area contributed by atoms with Crippen molar-refractivity contribution in [1.82, 2.24) is 31.2 Å². The zero-order valence-corrected chi connectivity index (χ0v) is 40.1. The highest BCUT2D eigenvalue weighted by molar-refractivity contribution is 6.03. The van der Waals surface area contributed by atoms with Gasteiger partial charge in [-0.1, -0.05) is 25.0 Å². The molecular weight excluding hydrogens is 895 g/mol. The normalized spacial score (nSPS) is 17.8. The van der Waals surface area contributed by atoms with Crippen LogP contribution in [0.4, 0.5) is 5.69 Å². The van der Waals surface area contributed by atoms with E-state index in [4.69, 9.17) is 42.1 Å². The molecule has 5 amide bonds. The van der Waals surface area contributed by atoms with E-state index in [2.05, 4.69) is 21.3 Å². The number of anilines is 1. The summed E-state index contributed by atoms with van der Waals surface area (Å²) in [7, 11) is 1.41. The average Bonchev–Trinajstić information content (AvgIpc) is 3.62. The second-order valence-electron chi connectivity index (χ2n) is 17.5. The largest absolute Gasteiger partial charge is 0.492 e. The Morgan fingerprint density at radius 3 is 2.16 bits per heavy atom. The summed E-state index contributed by atoms with van der Waals surface area (Å²) >= 11 is 0. The molecule has 0 radical (unpaired) electrons. The lowest BCUT2D eigenvalue weighted by molar-refractivity contribution is -0.141. The Morgan fingerprint density at radius 2 is 1.53 bits per heavy atom. The van der Waals surface area contributed by atoms with Crippen molar-refractivity contribution in [2.45, 2.75) is 95.5 Å². The first kappa shape index (κ1) is 52.1. The molecule has 4 aromatic rings. The monoisotopic (exact) mass is 960 g/mol. The second-order valence-corrected chi connectivity index (χ2v) is 17.5. The van der Waals surface area contributed by atoms with Crippen molar-refractivity contribution in [2.24, 2.45) is 17.2 Å². The predicted octanol–water partition coefficient (Wildman–Crippen LogP) is 2.92. The lowest BCUT2D eigenvalue weighted by Gasteiger charge is -2.32. The number of carbonyl (C=O) groups is 5. The first-order valence-corrected chi connectivity index (χ1v) is 23.8. The number of nitrogen functional groups attached to an aromatic ring is 1. The number of amides is 5. The Labute approximate surface area is 408 Å². The number of hydrogen-bond acceptors (Lipinski definition) is 14. The summed E-state index contributed by atoms with van der Waals surface area (Å²) in [6.07, 6.45) is 7.00. The van der Waals surface area contributed by atoms with Gasteiger partial charge < -0.3 is 63.3 Å². The third-order valence-corrected chi connectivity index (χ3v) is 12.3. The van der Waals surface area contributed by atoms with Crippen molar-refractivity contribution >= 4 is 35.2 Å². The zero-order chi connectivity index (χ0) is 50.3. The van der Waals surface area contributed by atoms with Gasteiger partial charge in [-0.3, -0.25) is 29.0 Å². The summed E-state index contributed by atoms with van der Waals surface area (Å²) in [6.45, 7) is 3.41. The number of fused-ring (bicyclic) bond motifs is 5. The minimum Gasteiger partial charge on any atom is -0.492 e. The minimum atomic E-state index is -1.42. The highest BCUT2D eigenvalue weighted by Crippen LogP contribution is 2.40. The second kappa shape index (κ2) is 24.8. The van der Waals surface area contributed by atoms with Gasteiger partial charge in [0.1, 0.15) is 61.2 Å². The molecule has 1 fully saturated rings. The van der Waals surface area contributed by atoms with Gasteiger partial charge in [0, 0.05) is 48.9 Å². The number of pyridine rings is 1. The van der Waals surface area contributed by atoms with Crippen LogP contribution >= 0.6 is 0 Å². The first-order valence-electron chi connectivity index (χ1n) is 23.8. The molecule has 0 spiro atoms. The van der Waals surface area contributed by atoms with Crippen LogP contribution in [0.2, 0.25) is 0 Å². The van der Waals surface area contributed by atoms with Crippen molar-refractivity contribution in [1.29, 1.82) is 5.26 Å². The summed E-state index contributed by atoms with van der Waals surface area (Å²) < 4.78 is 18.5. The summed E-state index contributed by atoms with van der Waals surface area (Å²) in [5.74, 6) is -1.93. The lowest BCUT2D eigenvalue weighted by Crippen LogP contribution is -2.56. The molecule has 4 bridgehead atoms. The number of benzene rings is 3. The Bertz CT molecular complexity index is 2520. The van der Waals surface area contributed by atoms with E-state index in [0.717, 1.165) is 37.0 Å². The number of aryl methyl sites for hydroxylation is 1. The Balaban J connectivity index is 1.33. The van der Waals surface area contributed by atoms with Crippen molar-refractivity contribution in [3.8, 4) is 45.7 Å². The van der Waals surface area contributed by atoms with Crippen LogP contribution in [0.5, 0.6) is 17.2 Å². The lowest BCUT2D eigenvalue weighted by atomic mass is 9.93. The fourth-order valence-corrected chi connectivity index (χ4v) is 8.76. The van der Waals surface area contributed by atoms with E-state index >= 15 is 0 Å². The van der Waals surface area contributed by atoms with E-state index < -0.39 is 53.7 Å². The summed E-state index contributed by atoms with van der Waals surface area (Å²) in [4.78, 5) is 76.6. The molecule has 12 N–H and O–H groups in total. The molecule has 3 aromatic carbocycles. The summed E-state index contributed by atoms with van der Waals surface area (Å²) in [5.41, 5.74) is 28.0. The first-order chi connectivity index (χ1) is 33.8. The van der Waals surface area contributed by atoms with Crippen molar-refractivity contribution in [3.05, 3.63) is 89.1 Å². The highest BCUT2D eigenvalue weighted by Gasteiger charge is 2.36. The van der Waals surface area contributed by atoms with Gasteiger partial charge in [0.15, 0.2) is 0 Å². The Kier molecular flexibility index (Phi) is 18.5. The molecule has 1 aliphatic carbocycles. The molecule has 1 aliphatic heterocycles. The number of nitriles is 1. The third-order valence-electron chi connectivity index (χ3n) is 12.3. The minimum absolute atomic E-state index is 0.00401. The van der Waals surface area contributed by atoms with Gasteiger partial charge in [0.05, 0.1) is 29.1 Å².